The molecule has 1 rings (SSSR count). The summed E-state index contributed by atoms with van der Waals surface area (Å²) in [5, 5.41) is 0. The summed E-state index contributed by atoms with van der Waals surface area (Å²) in [6, 6.07) is 0. The summed E-state index contributed by atoms with van der Waals surface area (Å²) in [6.45, 7) is 13.9. The van der Waals surface area contributed by atoms with Crippen LogP contribution in [0.3, 0.4) is 0 Å². The Hall–Kier alpha value is -1.01. The lowest BCUT2D eigenvalue weighted by Gasteiger charge is -2.22. The van der Waals surface area contributed by atoms with Crippen LogP contribution < -0.4 is 0 Å². The highest BCUT2D eigenvalue weighted by atomic mass is 16.7. The Morgan fingerprint density at radius 1 is 0.390 bits per heavy atom. The van der Waals surface area contributed by atoms with E-state index < -0.39 is 0 Å². The zero-order valence-electron chi connectivity index (χ0n) is 37.5. The van der Waals surface area contributed by atoms with Crippen molar-refractivity contribution in [2.24, 2.45) is 0 Å². The topological polar surface area (TPSA) is 137 Å². The van der Waals surface area contributed by atoms with E-state index in [-0.39, 0.29) is 18.9 Å². The molecule has 0 spiro atoms. The molecule has 14 nitrogen and oxygen atoms in total. The van der Waals surface area contributed by atoms with Gasteiger partial charge in [0, 0.05) is 13.0 Å². The molecule has 1 fully saturated rings. The Morgan fingerprint density at radius 3 is 1.02 bits per heavy atom. The second-order valence-corrected chi connectivity index (χ2v) is 14.7. The molecular formula is C45H88O14. The van der Waals surface area contributed by atoms with Crippen LogP contribution in [0.5, 0.6) is 0 Å². The van der Waals surface area contributed by atoms with Crippen LogP contribution in [-0.2, 0) is 66.4 Å². The fourth-order valence-corrected chi connectivity index (χ4v) is 6.09. The Morgan fingerprint density at radius 2 is 0.695 bits per heavy atom. The van der Waals surface area contributed by atoms with E-state index in [9.17, 15) is 4.79 Å². The average molecular weight is 853 g/mol. The number of rotatable bonds is 50. The number of hydrogen-bond donors (Lipinski definition) is 0. The fourth-order valence-electron chi connectivity index (χ4n) is 6.09. The fraction of sp³-hybridized carbons (Fsp3) is 0.978. The standard InChI is InChI=1S/C45H88O14/c1-2-3-4-5-6-7-8-9-10-11-12-13-14-15-16-19-44(46)57-42-40-55-38-36-53-34-32-51-30-28-49-26-24-47-22-23-48-25-27-50-29-31-52-33-35-54-37-39-56-41-43-59-45-20-17-18-21-58-45/h45H,2-43H2,1H3. The van der Waals surface area contributed by atoms with Gasteiger partial charge in [0.15, 0.2) is 6.29 Å². The highest BCUT2D eigenvalue weighted by Crippen LogP contribution is 2.14. The number of esters is 1. The third-order valence-electron chi connectivity index (χ3n) is 9.49. The number of hydrogen-bond acceptors (Lipinski definition) is 14. The molecule has 0 radical (unpaired) electrons. The molecule has 0 aromatic rings. The smallest absolute Gasteiger partial charge is 0.305 e. The molecule has 14 heteroatoms. The Kier molecular flexibility index (Phi) is 47.1. The van der Waals surface area contributed by atoms with Gasteiger partial charge in [-0.1, -0.05) is 96.8 Å². The van der Waals surface area contributed by atoms with Gasteiger partial charge in [0.2, 0.25) is 0 Å². The second-order valence-electron chi connectivity index (χ2n) is 14.7. The molecule has 1 unspecified atom stereocenters. The maximum Gasteiger partial charge on any atom is 0.305 e. The molecule has 0 saturated carbocycles. The predicted octanol–water partition coefficient (Wildman–Crippen LogP) is 7.50. The quantitative estimate of drug-likeness (QED) is 0.0441. The molecule has 0 aromatic heterocycles. The van der Waals surface area contributed by atoms with Gasteiger partial charge in [0.1, 0.15) is 6.61 Å². The molecule has 1 atom stereocenters. The predicted molar refractivity (Wildman–Crippen MR) is 228 cm³/mol. The minimum Gasteiger partial charge on any atom is -0.463 e. The highest BCUT2D eigenvalue weighted by Gasteiger charge is 2.13. The van der Waals surface area contributed by atoms with E-state index in [1.54, 1.807) is 0 Å². The van der Waals surface area contributed by atoms with Gasteiger partial charge in [-0.2, -0.15) is 0 Å². The third kappa shape index (κ3) is 46.3. The molecule has 1 heterocycles. The summed E-state index contributed by atoms with van der Waals surface area (Å²) in [6.07, 6.45) is 23.4. The minimum absolute atomic E-state index is 0.0689. The molecule has 352 valence electrons. The number of unbranched alkanes of at least 4 members (excludes halogenated alkanes) is 14. The summed E-state index contributed by atoms with van der Waals surface area (Å²) in [5.41, 5.74) is 0. The lowest BCUT2D eigenvalue weighted by molar-refractivity contribution is -0.169. The van der Waals surface area contributed by atoms with Crippen molar-refractivity contribution in [3.63, 3.8) is 0 Å². The lowest BCUT2D eigenvalue weighted by Crippen LogP contribution is -2.24. The van der Waals surface area contributed by atoms with E-state index in [4.69, 9.17) is 61.6 Å². The van der Waals surface area contributed by atoms with Crippen molar-refractivity contribution in [1.82, 2.24) is 0 Å². The maximum atomic E-state index is 11.9. The molecule has 59 heavy (non-hydrogen) atoms. The van der Waals surface area contributed by atoms with Crippen LogP contribution in [0, 0.1) is 0 Å². The maximum absolute atomic E-state index is 11.9. The normalized spacial score (nSPS) is 14.4. The summed E-state index contributed by atoms with van der Waals surface area (Å²) in [5.74, 6) is -0.130. The van der Waals surface area contributed by atoms with Gasteiger partial charge < -0.3 is 61.6 Å². The largest absolute Gasteiger partial charge is 0.463 e. The summed E-state index contributed by atoms with van der Waals surface area (Å²) in [4.78, 5) is 11.9. The first-order valence-corrected chi connectivity index (χ1v) is 23.5. The summed E-state index contributed by atoms with van der Waals surface area (Å²) in [7, 11) is 0. The molecule has 1 saturated heterocycles. The SMILES string of the molecule is CCCCCCCCCCCCCCCCCC(=O)OCCOCCOCCOCCOCCOCCOCCOCCOCCOCCOCCOC1CCCCO1. The van der Waals surface area contributed by atoms with Crippen molar-refractivity contribution in [3.05, 3.63) is 0 Å². The van der Waals surface area contributed by atoms with Crippen LogP contribution in [0.15, 0.2) is 0 Å². The van der Waals surface area contributed by atoms with Crippen molar-refractivity contribution in [1.29, 1.82) is 0 Å². The van der Waals surface area contributed by atoms with Crippen molar-refractivity contribution >= 4 is 5.97 Å². The number of ether oxygens (including phenoxy) is 13. The van der Waals surface area contributed by atoms with Crippen LogP contribution in [0.25, 0.3) is 0 Å². The molecule has 0 bridgehead atoms. The molecule has 1 aliphatic rings. The van der Waals surface area contributed by atoms with Crippen molar-refractivity contribution in [3.8, 4) is 0 Å². The van der Waals surface area contributed by atoms with Crippen molar-refractivity contribution < 1.29 is 66.4 Å². The van der Waals surface area contributed by atoms with E-state index in [0.717, 1.165) is 38.7 Å². The average Bonchev–Trinajstić information content (AvgIpc) is 3.25. The van der Waals surface area contributed by atoms with E-state index in [1.807, 2.05) is 0 Å². The highest BCUT2D eigenvalue weighted by molar-refractivity contribution is 5.69. The Balaban J connectivity index is 1.62. The summed E-state index contributed by atoms with van der Waals surface area (Å²) < 4.78 is 71.4. The van der Waals surface area contributed by atoms with E-state index in [1.165, 1.54) is 83.5 Å². The molecular weight excluding hydrogens is 764 g/mol. The molecule has 0 amide bonds. The third-order valence-corrected chi connectivity index (χ3v) is 9.49. The van der Waals surface area contributed by atoms with Gasteiger partial charge in [-0.05, 0) is 25.7 Å². The van der Waals surface area contributed by atoms with Gasteiger partial charge in [-0.15, -0.1) is 0 Å². The molecule has 0 N–H and O–H groups in total. The zero-order valence-corrected chi connectivity index (χ0v) is 37.5. The molecule has 0 aliphatic carbocycles. The van der Waals surface area contributed by atoms with Crippen LogP contribution in [-0.4, -0.2) is 164 Å². The first-order chi connectivity index (χ1) is 29.3. The first kappa shape index (κ1) is 56.0. The lowest BCUT2D eigenvalue weighted by atomic mass is 10.0. The van der Waals surface area contributed by atoms with Crippen LogP contribution >= 0.6 is 0 Å². The number of carbonyl (C=O) groups is 1. The van der Waals surface area contributed by atoms with Gasteiger partial charge in [-0.25, -0.2) is 0 Å². The van der Waals surface area contributed by atoms with Crippen molar-refractivity contribution in [2.45, 2.75) is 135 Å². The zero-order chi connectivity index (χ0) is 42.0. The van der Waals surface area contributed by atoms with E-state index in [2.05, 4.69) is 6.92 Å². The van der Waals surface area contributed by atoms with Crippen molar-refractivity contribution in [2.75, 3.05) is 152 Å². The van der Waals surface area contributed by atoms with E-state index >= 15 is 0 Å². The van der Waals surface area contributed by atoms with E-state index in [0.29, 0.717) is 145 Å². The van der Waals surface area contributed by atoms with Gasteiger partial charge in [0.25, 0.3) is 0 Å². The van der Waals surface area contributed by atoms with Gasteiger partial charge >= 0.3 is 5.97 Å². The first-order valence-electron chi connectivity index (χ1n) is 23.5. The number of carbonyl (C=O) groups excluding carboxylic acids is 1. The van der Waals surface area contributed by atoms with Crippen LogP contribution in [0.2, 0.25) is 0 Å². The molecule has 1 aliphatic heterocycles. The molecule has 0 aromatic carbocycles. The minimum atomic E-state index is -0.130. The summed E-state index contributed by atoms with van der Waals surface area (Å²) >= 11 is 0. The van der Waals surface area contributed by atoms with Crippen LogP contribution in [0.1, 0.15) is 129 Å². The Labute approximate surface area is 358 Å². The van der Waals surface area contributed by atoms with Gasteiger partial charge in [0.05, 0.1) is 139 Å². The van der Waals surface area contributed by atoms with Crippen LogP contribution in [0.4, 0.5) is 0 Å². The Bertz CT molecular complexity index is 805. The second kappa shape index (κ2) is 49.6. The monoisotopic (exact) mass is 853 g/mol. The van der Waals surface area contributed by atoms with Gasteiger partial charge in [-0.3, -0.25) is 4.79 Å².